The lowest BCUT2D eigenvalue weighted by Crippen LogP contribution is -2.36. The molecule has 0 heterocycles. The van der Waals surface area contributed by atoms with E-state index in [1.165, 1.54) is 0 Å². The quantitative estimate of drug-likeness (QED) is 0.536. The molecular formula is C17H28N4O. The summed E-state index contributed by atoms with van der Waals surface area (Å²) in [6, 6.07) is 7.82. The van der Waals surface area contributed by atoms with Crippen LogP contribution in [0.3, 0.4) is 0 Å². The van der Waals surface area contributed by atoms with Gasteiger partial charge in [-0.05, 0) is 37.5 Å². The van der Waals surface area contributed by atoms with Gasteiger partial charge in [-0.15, -0.1) is 0 Å². The number of nitrogens with zero attached hydrogens (tertiary/aromatic N) is 1. The van der Waals surface area contributed by atoms with Crippen LogP contribution >= 0.6 is 0 Å². The summed E-state index contributed by atoms with van der Waals surface area (Å²) in [6.45, 7) is 10.4. The smallest absolute Gasteiger partial charge is 0.224 e. The van der Waals surface area contributed by atoms with E-state index in [-0.39, 0.29) is 5.91 Å². The van der Waals surface area contributed by atoms with Gasteiger partial charge < -0.3 is 16.0 Å². The number of guanidine groups is 1. The number of rotatable bonds is 7. The minimum Gasteiger partial charge on any atom is -0.357 e. The number of carbonyl (C=O) groups is 1. The standard InChI is InChI=1S/C17H28N4O/c1-5-18-17(19-6-2)20-12-14-8-7-9-15(11-14)21-16(22)10-13(3)4/h7-9,11,13H,5-6,10,12H2,1-4H3,(H,21,22)(H2,18,19,20). The van der Waals surface area contributed by atoms with E-state index in [1.807, 2.05) is 52.0 Å². The summed E-state index contributed by atoms with van der Waals surface area (Å²) in [7, 11) is 0. The van der Waals surface area contributed by atoms with E-state index in [1.54, 1.807) is 0 Å². The van der Waals surface area contributed by atoms with Crippen molar-refractivity contribution >= 4 is 17.6 Å². The number of anilines is 1. The first kappa shape index (κ1) is 18.0. The minimum absolute atomic E-state index is 0.0524. The van der Waals surface area contributed by atoms with Crippen LogP contribution < -0.4 is 16.0 Å². The summed E-state index contributed by atoms with van der Waals surface area (Å²) in [5.74, 6) is 1.21. The summed E-state index contributed by atoms with van der Waals surface area (Å²) >= 11 is 0. The first-order chi connectivity index (χ1) is 10.5. The first-order valence-corrected chi connectivity index (χ1v) is 7.96. The van der Waals surface area contributed by atoms with Crippen LogP contribution in [0.2, 0.25) is 0 Å². The van der Waals surface area contributed by atoms with E-state index in [0.29, 0.717) is 18.9 Å². The summed E-state index contributed by atoms with van der Waals surface area (Å²) in [5.41, 5.74) is 1.89. The van der Waals surface area contributed by atoms with Gasteiger partial charge in [0.15, 0.2) is 5.96 Å². The molecule has 122 valence electrons. The van der Waals surface area contributed by atoms with Crippen LogP contribution in [-0.4, -0.2) is 25.0 Å². The SMILES string of the molecule is CCNC(=NCc1cccc(NC(=O)CC(C)C)c1)NCC. The molecule has 0 aliphatic heterocycles. The molecule has 0 saturated carbocycles. The van der Waals surface area contributed by atoms with Crippen molar-refractivity contribution in [3.63, 3.8) is 0 Å². The molecule has 3 N–H and O–H groups in total. The molecule has 0 saturated heterocycles. The maximum Gasteiger partial charge on any atom is 0.224 e. The predicted octanol–water partition coefficient (Wildman–Crippen LogP) is 2.75. The van der Waals surface area contributed by atoms with Gasteiger partial charge in [0.1, 0.15) is 0 Å². The molecule has 22 heavy (non-hydrogen) atoms. The number of carbonyl (C=O) groups excluding carboxylic acids is 1. The maximum atomic E-state index is 11.8. The summed E-state index contributed by atoms with van der Waals surface area (Å²) in [5, 5.41) is 9.32. The van der Waals surface area contributed by atoms with E-state index in [9.17, 15) is 4.79 Å². The normalized spacial score (nSPS) is 10.2. The Hall–Kier alpha value is -2.04. The summed E-state index contributed by atoms with van der Waals surface area (Å²) < 4.78 is 0. The molecule has 0 spiro atoms. The zero-order chi connectivity index (χ0) is 16.4. The zero-order valence-corrected chi connectivity index (χ0v) is 14.1. The second kappa shape index (κ2) is 9.82. The summed E-state index contributed by atoms with van der Waals surface area (Å²) in [4.78, 5) is 16.3. The van der Waals surface area contributed by atoms with E-state index in [0.717, 1.165) is 30.3 Å². The number of nitrogens with one attached hydrogen (secondary N) is 3. The van der Waals surface area contributed by atoms with Crippen LogP contribution in [0, 0.1) is 5.92 Å². The Morgan fingerprint density at radius 1 is 1.18 bits per heavy atom. The van der Waals surface area contributed by atoms with E-state index < -0.39 is 0 Å². The average Bonchev–Trinajstić information content (AvgIpc) is 2.44. The first-order valence-electron chi connectivity index (χ1n) is 7.96. The molecule has 0 aromatic heterocycles. The Labute approximate surface area is 133 Å². The molecule has 5 nitrogen and oxygen atoms in total. The topological polar surface area (TPSA) is 65.5 Å². The highest BCUT2D eigenvalue weighted by Crippen LogP contribution is 2.13. The van der Waals surface area contributed by atoms with Gasteiger partial charge in [0.05, 0.1) is 6.54 Å². The molecular weight excluding hydrogens is 276 g/mol. The molecule has 1 amide bonds. The van der Waals surface area contributed by atoms with E-state index >= 15 is 0 Å². The largest absolute Gasteiger partial charge is 0.357 e. The molecule has 0 atom stereocenters. The van der Waals surface area contributed by atoms with E-state index in [4.69, 9.17) is 0 Å². The Kier molecular flexibility index (Phi) is 8.04. The molecule has 0 fully saturated rings. The van der Waals surface area contributed by atoms with Crippen molar-refractivity contribution in [1.29, 1.82) is 0 Å². The van der Waals surface area contributed by atoms with Crippen LogP contribution in [0.1, 0.15) is 39.7 Å². The fraction of sp³-hybridized carbons (Fsp3) is 0.529. The van der Waals surface area contributed by atoms with Crippen molar-refractivity contribution in [2.75, 3.05) is 18.4 Å². The molecule has 0 bridgehead atoms. The fourth-order valence-electron chi connectivity index (χ4n) is 2.01. The second-order valence-corrected chi connectivity index (χ2v) is 5.57. The van der Waals surface area contributed by atoms with Crippen molar-refractivity contribution in [3.8, 4) is 0 Å². The van der Waals surface area contributed by atoms with Crippen LogP contribution in [-0.2, 0) is 11.3 Å². The average molecular weight is 304 g/mol. The van der Waals surface area contributed by atoms with Gasteiger partial charge in [-0.1, -0.05) is 26.0 Å². The highest BCUT2D eigenvalue weighted by molar-refractivity contribution is 5.90. The Morgan fingerprint density at radius 3 is 2.45 bits per heavy atom. The number of hydrogen-bond donors (Lipinski definition) is 3. The minimum atomic E-state index is 0.0524. The molecule has 0 radical (unpaired) electrons. The van der Waals surface area contributed by atoms with Crippen LogP contribution in [0.5, 0.6) is 0 Å². The number of aliphatic imine (C=N–C) groups is 1. The Bertz CT molecular complexity index is 489. The third-order valence-corrected chi connectivity index (χ3v) is 2.91. The Morgan fingerprint density at radius 2 is 1.86 bits per heavy atom. The van der Waals surface area contributed by atoms with Gasteiger partial charge in [-0.25, -0.2) is 4.99 Å². The second-order valence-electron chi connectivity index (χ2n) is 5.57. The van der Waals surface area contributed by atoms with Crippen molar-refractivity contribution in [3.05, 3.63) is 29.8 Å². The van der Waals surface area contributed by atoms with Crippen LogP contribution in [0.15, 0.2) is 29.3 Å². The predicted molar refractivity (Wildman–Crippen MR) is 93.0 cm³/mol. The van der Waals surface area contributed by atoms with Crippen molar-refractivity contribution in [1.82, 2.24) is 10.6 Å². The van der Waals surface area contributed by atoms with Gasteiger partial charge >= 0.3 is 0 Å². The third-order valence-electron chi connectivity index (χ3n) is 2.91. The maximum absolute atomic E-state index is 11.8. The molecule has 0 aliphatic carbocycles. The lowest BCUT2D eigenvalue weighted by Gasteiger charge is -2.10. The molecule has 1 aromatic rings. The molecule has 1 aromatic carbocycles. The highest BCUT2D eigenvalue weighted by Gasteiger charge is 2.05. The van der Waals surface area contributed by atoms with E-state index in [2.05, 4.69) is 20.9 Å². The zero-order valence-electron chi connectivity index (χ0n) is 14.1. The lowest BCUT2D eigenvalue weighted by molar-refractivity contribution is -0.116. The monoisotopic (exact) mass is 304 g/mol. The third kappa shape index (κ3) is 7.11. The molecule has 1 rings (SSSR count). The molecule has 5 heteroatoms. The molecule has 0 aliphatic rings. The molecule has 0 unspecified atom stereocenters. The van der Waals surface area contributed by atoms with Crippen molar-refractivity contribution in [2.45, 2.75) is 40.7 Å². The van der Waals surface area contributed by atoms with Crippen molar-refractivity contribution < 1.29 is 4.79 Å². The number of amides is 1. The summed E-state index contributed by atoms with van der Waals surface area (Å²) in [6.07, 6.45) is 0.535. The highest BCUT2D eigenvalue weighted by atomic mass is 16.1. The lowest BCUT2D eigenvalue weighted by atomic mass is 10.1. The fourth-order valence-corrected chi connectivity index (χ4v) is 2.01. The van der Waals surface area contributed by atoms with Gasteiger partial charge in [-0.3, -0.25) is 4.79 Å². The Balaban J connectivity index is 2.67. The van der Waals surface area contributed by atoms with Gasteiger partial charge in [0.25, 0.3) is 0 Å². The van der Waals surface area contributed by atoms with Gasteiger partial charge in [0, 0.05) is 25.2 Å². The van der Waals surface area contributed by atoms with Gasteiger partial charge in [0.2, 0.25) is 5.91 Å². The number of benzene rings is 1. The van der Waals surface area contributed by atoms with Crippen LogP contribution in [0.4, 0.5) is 5.69 Å². The number of hydrogen-bond acceptors (Lipinski definition) is 2. The van der Waals surface area contributed by atoms with Gasteiger partial charge in [-0.2, -0.15) is 0 Å². The van der Waals surface area contributed by atoms with Crippen molar-refractivity contribution in [2.24, 2.45) is 10.9 Å². The van der Waals surface area contributed by atoms with Crippen LogP contribution in [0.25, 0.3) is 0 Å².